The summed E-state index contributed by atoms with van der Waals surface area (Å²) in [5.74, 6) is -0.310. The van der Waals surface area contributed by atoms with Crippen LogP contribution in [0.5, 0.6) is 0 Å². The summed E-state index contributed by atoms with van der Waals surface area (Å²) in [6.07, 6.45) is 4.42. The first-order valence-corrected chi connectivity index (χ1v) is 13.1. The van der Waals surface area contributed by atoms with Gasteiger partial charge in [-0.25, -0.2) is 12.8 Å². The zero-order chi connectivity index (χ0) is 23.9. The third-order valence-corrected chi connectivity index (χ3v) is 8.73. The number of carbonyl (C=O) groups is 2. The van der Waals surface area contributed by atoms with Crippen molar-refractivity contribution in [2.45, 2.75) is 67.6 Å². The molecule has 0 radical (unpaired) electrons. The molecule has 8 nitrogen and oxygen atoms in total. The molecule has 10 heteroatoms. The van der Waals surface area contributed by atoms with E-state index in [1.807, 2.05) is 6.07 Å². The van der Waals surface area contributed by atoms with E-state index >= 15 is 0 Å². The van der Waals surface area contributed by atoms with Crippen molar-refractivity contribution in [3.8, 4) is 6.07 Å². The van der Waals surface area contributed by atoms with Gasteiger partial charge in [-0.2, -0.15) is 5.26 Å². The van der Waals surface area contributed by atoms with Crippen molar-refractivity contribution in [2.75, 3.05) is 24.7 Å². The molecule has 1 aromatic rings. The summed E-state index contributed by atoms with van der Waals surface area (Å²) < 4.78 is 36.9. The minimum absolute atomic E-state index is 0.0276. The fourth-order valence-corrected chi connectivity index (χ4v) is 6.02. The van der Waals surface area contributed by atoms with Gasteiger partial charge in [-0.3, -0.25) is 9.59 Å². The summed E-state index contributed by atoms with van der Waals surface area (Å²) in [7, 11) is -3.29. The van der Waals surface area contributed by atoms with E-state index in [4.69, 9.17) is 5.26 Å². The van der Waals surface area contributed by atoms with E-state index in [0.29, 0.717) is 24.9 Å². The Morgan fingerprint density at radius 2 is 1.76 bits per heavy atom. The molecule has 2 bridgehead atoms. The van der Waals surface area contributed by atoms with Crippen LogP contribution in [0.1, 0.15) is 44.9 Å². The molecule has 178 valence electrons. The fourth-order valence-electron chi connectivity index (χ4n) is 5.39. The van der Waals surface area contributed by atoms with E-state index in [0.717, 1.165) is 25.5 Å². The third-order valence-electron chi connectivity index (χ3n) is 7.60. The molecule has 0 aromatic heterocycles. The maximum Gasteiger partial charge on any atom is 0.237 e. The molecule has 0 spiro atoms. The first-order chi connectivity index (χ1) is 15.6. The van der Waals surface area contributed by atoms with E-state index in [1.54, 1.807) is 12.1 Å². The second-order valence-electron chi connectivity index (χ2n) is 9.69. The average Bonchev–Trinajstić information content (AvgIpc) is 3.19. The molecule has 4 aliphatic rings. The molecule has 3 saturated carbocycles. The Bertz CT molecular complexity index is 1060. The number of hydrogen-bond acceptors (Lipinski definition) is 6. The highest BCUT2D eigenvalue weighted by Crippen LogP contribution is 2.52. The lowest BCUT2D eigenvalue weighted by atomic mass is 9.57. The highest BCUT2D eigenvalue weighted by molar-refractivity contribution is 7.90. The summed E-state index contributed by atoms with van der Waals surface area (Å²) >= 11 is 0. The Morgan fingerprint density at radius 1 is 1.15 bits per heavy atom. The van der Waals surface area contributed by atoms with E-state index in [1.165, 1.54) is 17.0 Å². The highest BCUT2D eigenvalue weighted by atomic mass is 32.2. The van der Waals surface area contributed by atoms with Crippen LogP contribution < -0.4 is 10.6 Å². The van der Waals surface area contributed by atoms with Crippen molar-refractivity contribution in [1.29, 1.82) is 5.26 Å². The molecule has 1 saturated heterocycles. The zero-order valence-corrected chi connectivity index (χ0v) is 19.5. The second-order valence-corrected chi connectivity index (χ2v) is 11.7. The lowest BCUT2D eigenvalue weighted by Crippen LogP contribution is -2.59. The van der Waals surface area contributed by atoms with E-state index in [2.05, 4.69) is 10.6 Å². The zero-order valence-electron chi connectivity index (χ0n) is 18.6. The average molecular weight is 477 g/mol. The molecule has 1 heterocycles. The van der Waals surface area contributed by atoms with Crippen LogP contribution in [-0.2, 0) is 19.4 Å². The van der Waals surface area contributed by atoms with E-state index in [9.17, 15) is 22.4 Å². The van der Waals surface area contributed by atoms with Gasteiger partial charge in [0.25, 0.3) is 0 Å². The van der Waals surface area contributed by atoms with Gasteiger partial charge in [-0.1, -0.05) is 0 Å². The molecule has 4 fully saturated rings. The first-order valence-electron chi connectivity index (χ1n) is 11.3. The number of nitriles is 1. The second kappa shape index (κ2) is 8.69. The van der Waals surface area contributed by atoms with Crippen molar-refractivity contribution >= 4 is 27.3 Å². The Kier molecular flexibility index (Phi) is 6.22. The van der Waals surface area contributed by atoms with Crippen molar-refractivity contribution in [1.82, 2.24) is 10.2 Å². The standard InChI is InChI=1S/C23H29FN4O4S/c1-33(31,32)19-4-2-17(3-5-19)27-21(30)22-6-9-23(10-7-22,11-8-22)26-14-20(29)28-15-16(24)12-18(28)13-25/h2-5,16,18,26H,6-12,14-15H2,1H3,(H,27,30)/t16-,18?,22?,23?/m0/s1. The highest BCUT2D eigenvalue weighted by Gasteiger charge is 2.52. The number of sulfone groups is 1. The summed E-state index contributed by atoms with van der Waals surface area (Å²) in [6, 6.07) is 7.47. The molecule has 2 N–H and O–H groups in total. The molecule has 2 amide bonds. The monoisotopic (exact) mass is 476 g/mol. The van der Waals surface area contributed by atoms with Crippen molar-refractivity contribution < 1.29 is 22.4 Å². The van der Waals surface area contributed by atoms with Crippen molar-refractivity contribution in [2.24, 2.45) is 5.41 Å². The Hall–Kier alpha value is -2.51. The van der Waals surface area contributed by atoms with E-state index in [-0.39, 0.29) is 41.8 Å². The summed E-state index contributed by atoms with van der Waals surface area (Å²) in [5, 5.41) is 15.5. The number of fused-ring (bicyclic) bond motifs is 3. The molecule has 3 aliphatic carbocycles. The first kappa shape index (κ1) is 23.6. The largest absolute Gasteiger partial charge is 0.326 e. The number of rotatable bonds is 6. The maximum absolute atomic E-state index is 13.6. The van der Waals surface area contributed by atoms with Gasteiger partial charge in [0.05, 0.1) is 24.1 Å². The van der Waals surface area contributed by atoms with Gasteiger partial charge in [-0.05, 0) is 62.8 Å². The van der Waals surface area contributed by atoms with Crippen LogP contribution in [0.15, 0.2) is 29.2 Å². The molecule has 1 aromatic carbocycles. The maximum atomic E-state index is 13.6. The lowest BCUT2D eigenvalue weighted by Gasteiger charge is -2.52. The van der Waals surface area contributed by atoms with Crippen molar-refractivity contribution in [3.05, 3.63) is 24.3 Å². The summed E-state index contributed by atoms with van der Waals surface area (Å²) in [5.41, 5.74) is -0.117. The number of halogens is 1. The Labute approximate surface area is 193 Å². The van der Waals surface area contributed by atoms with Gasteiger partial charge in [0.15, 0.2) is 9.84 Å². The third kappa shape index (κ3) is 4.75. The fraction of sp³-hybridized carbons (Fsp3) is 0.609. The minimum Gasteiger partial charge on any atom is -0.326 e. The number of anilines is 1. The van der Waals surface area contributed by atoms with Crippen LogP contribution in [0.4, 0.5) is 10.1 Å². The summed E-state index contributed by atoms with van der Waals surface area (Å²) in [4.78, 5) is 27.2. The van der Waals surface area contributed by atoms with Gasteiger partial charge in [0.1, 0.15) is 12.2 Å². The van der Waals surface area contributed by atoms with Gasteiger partial charge in [0.2, 0.25) is 11.8 Å². The number of benzene rings is 1. The van der Waals surface area contributed by atoms with Crippen molar-refractivity contribution in [3.63, 3.8) is 0 Å². The van der Waals surface area contributed by atoms with Crippen LogP contribution in [0.3, 0.4) is 0 Å². The molecular weight excluding hydrogens is 447 g/mol. The summed E-state index contributed by atoms with van der Waals surface area (Å²) in [6.45, 7) is 0.0387. The normalized spacial score (nSPS) is 31.2. The Morgan fingerprint density at radius 3 is 2.30 bits per heavy atom. The number of alkyl halides is 1. The lowest BCUT2D eigenvalue weighted by molar-refractivity contribution is -0.135. The Balaban J connectivity index is 1.32. The number of nitrogens with zero attached hydrogens (tertiary/aromatic N) is 2. The van der Waals surface area contributed by atoms with Gasteiger partial charge in [-0.15, -0.1) is 0 Å². The molecule has 33 heavy (non-hydrogen) atoms. The van der Waals surface area contributed by atoms with Crippen LogP contribution in [0.25, 0.3) is 0 Å². The minimum atomic E-state index is -3.29. The molecule has 2 atom stereocenters. The quantitative estimate of drug-likeness (QED) is 0.650. The predicted octanol–water partition coefficient (Wildman–Crippen LogP) is 2.17. The molecule has 5 rings (SSSR count). The molecular formula is C23H29FN4O4S. The number of likely N-dealkylation sites (tertiary alicyclic amines) is 1. The SMILES string of the molecule is CS(=O)(=O)c1ccc(NC(=O)C23CCC(NCC(=O)N4C[C@@H](F)CC4C#N)(CC2)CC3)cc1. The number of carbonyl (C=O) groups excluding carboxylic acids is 2. The smallest absolute Gasteiger partial charge is 0.237 e. The predicted molar refractivity (Wildman–Crippen MR) is 120 cm³/mol. The van der Waals surface area contributed by atoms with Gasteiger partial charge >= 0.3 is 0 Å². The van der Waals surface area contributed by atoms with Crippen LogP contribution >= 0.6 is 0 Å². The van der Waals surface area contributed by atoms with Crippen LogP contribution in [0.2, 0.25) is 0 Å². The topological polar surface area (TPSA) is 119 Å². The number of hydrogen-bond donors (Lipinski definition) is 2. The number of nitrogens with one attached hydrogen (secondary N) is 2. The number of amides is 2. The molecule has 1 unspecified atom stereocenters. The van der Waals surface area contributed by atoms with Gasteiger partial charge in [0, 0.05) is 29.3 Å². The van der Waals surface area contributed by atoms with Crippen LogP contribution in [-0.4, -0.2) is 62.2 Å². The van der Waals surface area contributed by atoms with Crippen LogP contribution in [0, 0.1) is 16.7 Å². The van der Waals surface area contributed by atoms with Gasteiger partial charge < -0.3 is 15.5 Å². The molecule has 1 aliphatic heterocycles. The van der Waals surface area contributed by atoms with E-state index < -0.39 is 27.5 Å².